The molecule has 3 aromatic carbocycles. The number of hydrogen-bond donors (Lipinski definition) is 0. The summed E-state index contributed by atoms with van der Waals surface area (Å²) >= 11 is 0. The Bertz CT molecular complexity index is 933. The Morgan fingerprint density at radius 1 is 0.750 bits per heavy atom. The summed E-state index contributed by atoms with van der Waals surface area (Å²) in [5.74, 6) is 0.314. The molecule has 1 aliphatic rings. The largest absolute Gasteiger partial charge is 0.295 e. The normalized spacial score (nSPS) is 16.7. The van der Waals surface area contributed by atoms with E-state index >= 15 is 0 Å². The van der Waals surface area contributed by atoms with Crippen LogP contribution in [0.15, 0.2) is 72.3 Å². The van der Waals surface area contributed by atoms with Crippen LogP contribution in [0.3, 0.4) is 0 Å². The Labute approximate surface area is 142 Å². The van der Waals surface area contributed by atoms with Gasteiger partial charge in [-0.3, -0.25) is 4.79 Å². The quantitative estimate of drug-likeness (QED) is 0.528. The second-order valence-corrected chi connectivity index (χ2v) is 6.45. The van der Waals surface area contributed by atoms with Gasteiger partial charge < -0.3 is 0 Å². The lowest BCUT2D eigenvalue weighted by Gasteiger charge is -2.14. The van der Waals surface area contributed by atoms with Gasteiger partial charge in [0.2, 0.25) is 0 Å². The molecule has 0 spiro atoms. The van der Waals surface area contributed by atoms with E-state index in [1.165, 1.54) is 21.9 Å². The fourth-order valence-corrected chi connectivity index (χ4v) is 3.48. The number of rotatable bonds is 2. The molecular formula is C23H20O. The number of hydrogen-bond acceptors (Lipinski definition) is 1. The molecule has 0 heterocycles. The zero-order valence-corrected chi connectivity index (χ0v) is 13.7. The zero-order chi connectivity index (χ0) is 16.4. The number of benzene rings is 3. The molecule has 0 aromatic heterocycles. The van der Waals surface area contributed by atoms with Crippen molar-refractivity contribution in [1.29, 1.82) is 0 Å². The van der Waals surface area contributed by atoms with Crippen LogP contribution in [0.4, 0.5) is 0 Å². The SMILES string of the molecule is O=C1CCCC/C1=C\c1ccccc1-c1ccc2ccccc2c1. The molecule has 0 N–H and O–H groups in total. The minimum atomic E-state index is 0.314. The van der Waals surface area contributed by atoms with Gasteiger partial charge >= 0.3 is 0 Å². The van der Waals surface area contributed by atoms with E-state index in [0.717, 1.165) is 30.4 Å². The maximum absolute atomic E-state index is 12.2. The molecule has 1 fully saturated rings. The summed E-state index contributed by atoms with van der Waals surface area (Å²) in [7, 11) is 0. The van der Waals surface area contributed by atoms with Crippen LogP contribution in [-0.4, -0.2) is 5.78 Å². The van der Waals surface area contributed by atoms with Crippen molar-refractivity contribution < 1.29 is 4.79 Å². The second-order valence-electron chi connectivity index (χ2n) is 6.45. The molecular weight excluding hydrogens is 292 g/mol. The van der Waals surface area contributed by atoms with E-state index in [-0.39, 0.29) is 0 Å². The highest BCUT2D eigenvalue weighted by molar-refractivity contribution is 6.01. The number of fused-ring (bicyclic) bond motifs is 1. The van der Waals surface area contributed by atoms with Gasteiger partial charge in [-0.05, 0) is 64.4 Å². The lowest BCUT2D eigenvalue weighted by molar-refractivity contribution is -0.116. The van der Waals surface area contributed by atoms with E-state index < -0.39 is 0 Å². The topological polar surface area (TPSA) is 17.1 Å². The molecule has 24 heavy (non-hydrogen) atoms. The fourth-order valence-electron chi connectivity index (χ4n) is 3.48. The van der Waals surface area contributed by atoms with E-state index in [9.17, 15) is 4.79 Å². The molecule has 0 radical (unpaired) electrons. The third-order valence-corrected chi connectivity index (χ3v) is 4.81. The first kappa shape index (κ1) is 14.9. The molecule has 1 saturated carbocycles. The zero-order valence-electron chi connectivity index (χ0n) is 13.7. The molecule has 1 aliphatic carbocycles. The van der Waals surface area contributed by atoms with Crippen LogP contribution in [0, 0.1) is 0 Å². The lowest BCUT2D eigenvalue weighted by atomic mass is 9.90. The molecule has 0 amide bonds. The summed E-state index contributed by atoms with van der Waals surface area (Å²) in [4.78, 5) is 12.2. The number of Topliss-reactive ketones (excluding diaryl/α,β-unsaturated/α-hetero) is 1. The van der Waals surface area contributed by atoms with Gasteiger partial charge in [0.05, 0.1) is 0 Å². The van der Waals surface area contributed by atoms with Gasteiger partial charge in [-0.15, -0.1) is 0 Å². The van der Waals surface area contributed by atoms with Crippen LogP contribution >= 0.6 is 0 Å². The number of carbonyl (C=O) groups excluding carboxylic acids is 1. The van der Waals surface area contributed by atoms with Crippen molar-refractivity contribution >= 4 is 22.6 Å². The third-order valence-electron chi connectivity index (χ3n) is 4.81. The van der Waals surface area contributed by atoms with E-state index in [4.69, 9.17) is 0 Å². The summed E-state index contributed by atoms with van der Waals surface area (Å²) in [6.07, 6.45) is 5.86. The van der Waals surface area contributed by atoms with Crippen molar-refractivity contribution in [1.82, 2.24) is 0 Å². The molecule has 118 valence electrons. The number of allylic oxidation sites excluding steroid dienone is 1. The average Bonchev–Trinajstić information content (AvgIpc) is 2.64. The Kier molecular flexibility index (Phi) is 4.00. The molecule has 0 unspecified atom stereocenters. The first-order valence-corrected chi connectivity index (χ1v) is 8.63. The van der Waals surface area contributed by atoms with Crippen LogP contribution in [0.5, 0.6) is 0 Å². The van der Waals surface area contributed by atoms with Crippen molar-refractivity contribution in [2.24, 2.45) is 0 Å². The van der Waals surface area contributed by atoms with Crippen molar-refractivity contribution in [2.75, 3.05) is 0 Å². The highest BCUT2D eigenvalue weighted by atomic mass is 16.1. The molecule has 0 aliphatic heterocycles. The van der Waals surface area contributed by atoms with Crippen LogP contribution in [0.1, 0.15) is 31.2 Å². The maximum Gasteiger partial charge on any atom is 0.158 e. The predicted molar refractivity (Wildman–Crippen MR) is 101 cm³/mol. The standard InChI is InChI=1S/C23H20O/c24-23-12-6-4-10-21(23)16-19-9-3-5-11-22(19)20-14-13-17-7-1-2-8-18(17)15-20/h1-3,5,7-9,11,13-16H,4,6,10,12H2/b21-16+. The van der Waals surface area contributed by atoms with E-state index in [1.54, 1.807) is 0 Å². The van der Waals surface area contributed by atoms with Crippen molar-refractivity contribution in [3.8, 4) is 11.1 Å². The third kappa shape index (κ3) is 2.90. The molecule has 3 aromatic rings. The summed E-state index contributed by atoms with van der Waals surface area (Å²) in [6.45, 7) is 0. The van der Waals surface area contributed by atoms with Gasteiger partial charge in [-0.25, -0.2) is 0 Å². The molecule has 0 saturated heterocycles. The fraction of sp³-hybridized carbons (Fsp3) is 0.174. The van der Waals surface area contributed by atoms with Gasteiger partial charge in [-0.1, -0.05) is 60.7 Å². The Morgan fingerprint density at radius 3 is 2.38 bits per heavy atom. The minimum Gasteiger partial charge on any atom is -0.295 e. The molecule has 4 rings (SSSR count). The van der Waals surface area contributed by atoms with Crippen LogP contribution < -0.4 is 0 Å². The monoisotopic (exact) mass is 312 g/mol. The van der Waals surface area contributed by atoms with Gasteiger partial charge in [0, 0.05) is 6.42 Å². The average molecular weight is 312 g/mol. The van der Waals surface area contributed by atoms with Crippen molar-refractivity contribution in [3.63, 3.8) is 0 Å². The molecule has 0 bridgehead atoms. The van der Waals surface area contributed by atoms with Crippen molar-refractivity contribution in [3.05, 3.63) is 77.9 Å². The van der Waals surface area contributed by atoms with Gasteiger partial charge in [0.25, 0.3) is 0 Å². The smallest absolute Gasteiger partial charge is 0.158 e. The summed E-state index contributed by atoms with van der Waals surface area (Å²) in [5.41, 5.74) is 4.51. The summed E-state index contributed by atoms with van der Waals surface area (Å²) in [6, 6.07) is 23.3. The predicted octanol–water partition coefficient (Wildman–Crippen LogP) is 6.03. The van der Waals surface area contributed by atoms with Gasteiger partial charge in [-0.2, -0.15) is 0 Å². The molecule has 1 heteroatoms. The Hall–Kier alpha value is -2.67. The van der Waals surface area contributed by atoms with Gasteiger partial charge in [0.1, 0.15) is 0 Å². The van der Waals surface area contributed by atoms with Crippen LogP contribution in [0.2, 0.25) is 0 Å². The first-order chi connectivity index (χ1) is 11.8. The lowest BCUT2D eigenvalue weighted by Crippen LogP contribution is -2.08. The second kappa shape index (κ2) is 6.45. The van der Waals surface area contributed by atoms with Crippen molar-refractivity contribution in [2.45, 2.75) is 25.7 Å². The summed E-state index contributed by atoms with van der Waals surface area (Å²) in [5, 5.41) is 2.49. The highest BCUT2D eigenvalue weighted by Gasteiger charge is 2.15. The molecule has 1 nitrogen and oxygen atoms in total. The summed E-state index contributed by atoms with van der Waals surface area (Å²) < 4.78 is 0. The van der Waals surface area contributed by atoms with Crippen LogP contribution in [-0.2, 0) is 4.79 Å². The number of carbonyl (C=O) groups is 1. The van der Waals surface area contributed by atoms with E-state index in [2.05, 4.69) is 66.7 Å². The molecule has 0 atom stereocenters. The Balaban J connectivity index is 1.80. The van der Waals surface area contributed by atoms with E-state index in [1.807, 2.05) is 6.07 Å². The van der Waals surface area contributed by atoms with Gasteiger partial charge in [0.15, 0.2) is 5.78 Å². The van der Waals surface area contributed by atoms with E-state index in [0.29, 0.717) is 12.2 Å². The minimum absolute atomic E-state index is 0.314. The number of ketones is 1. The first-order valence-electron chi connectivity index (χ1n) is 8.63. The Morgan fingerprint density at radius 2 is 1.50 bits per heavy atom. The van der Waals surface area contributed by atoms with Crippen LogP contribution in [0.25, 0.3) is 28.0 Å². The maximum atomic E-state index is 12.2. The highest BCUT2D eigenvalue weighted by Crippen LogP contribution is 2.30.